The molecular weight excluding hydrogens is 2040 g/mol. The molecule has 0 radical (unpaired) electrons. The van der Waals surface area contributed by atoms with E-state index in [4.69, 9.17) is 29.3 Å². The number of nitrogens with zero attached hydrogens (tertiary/aromatic N) is 8. The summed E-state index contributed by atoms with van der Waals surface area (Å²) in [5.74, 6) is -14.0. The van der Waals surface area contributed by atoms with E-state index in [1.807, 2.05) is 62.3 Å². The quantitative estimate of drug-likeness (QED) is 0.0112. The predicted octanol–water partition coefficient (Wildman–Crippen LogP) is 1.95. The fourth-order valence-electron chi connectivity index (χ4n) is 16.4. The van der Waals surface area contributed by atoms with Crippen LogP contribution >= 0.6 is 0 Å². The molecule has 50 nitrogen and oxygen atoms in total. The molecule has 1 fully saturated rings. The van der Waals surface area contributed by atoms with Gasteiger partial charge in [-0.15, -0.1) is 0 Å². The van der Waals surface area contributed by atoms with Crippen molar-refractivity contribution >= 4 is 127 Å². The van der Waals surface area contributed by atoms with Crippen molar-refractivity contribution in [1.29, 1.82) is 0 Å². The van der Waals surface area contributed by atoms with Crippen molar-refractivity contribution in [1.82, 2.24) is 95.3 Å². The van der Waals surface area contributed by atoms with Gasteiger partial charge in [-0.2, -0.15) is 26.3 Å². The van der Waals surface area contributed by atoms with Gasteiger partial charge in [0.05, 0.1) is 64.0 Å². The Balaban J connectivity index is 0.993. The van der Waals surface area contributed by atoms with Gasteiger partial charge in [-0.3, -0.25) is 81.4 Å². The van der Waals surface area contributed by atoms with E-state index >= 15 is 9.59 Å². The molecule has 4 aromatic carbocycles. The number of fused-ring (bicyclic) bond motifs is 2. The number of sulfonamides is 2. The van der Waals surface area contributed by atoms with E-state index < -0.39 is 220 Å². The number of carbonyl (C=O) groups is 9. The maximum atomic E-state index is 15.3. The molecule has 0 spiro atoms. The lowest BCUT2D eigenvalue weighted by molar-refractivity contribution is -0.349. The van der Waals surface area contributed by atoms with Gasteiger partial charge in [0.15, 0.2) is 11.9 Å². The Hall–Kier alpha value is -12.2. The molecule has 2 unspecified atom stereocenters. The molecule has 0 bridgehead atoms. The van der Waals surface area contributed by atoms with Crippen LogP contribution in [0.4, 0.5) is 11.9 Å². The Bertz CT molecular complexity index is 6590. The van der Waals surface area contributed by atoms with Gasteiger partial charge in [0.25, 0.3) is 32.1 Å². The molecule has 1 aliphatic heterocycles. The number of aromatic amines is 2. The summed E-state index contributed by atoms with van der Waals surface area (Å²) in [6.45, 7) is 26.8. The number of H-pyrrole nitrogens is 2. The smallest absolute Gasteiger partial charge is 0.323 e. The van der Waals surface area contributed by atoms with E-state index in [9.17, 15) is 96.1 Å². The van der Waals surface area contributed by atoms with E-state index in [0.29, 0.717) is 91.1 Å². The van der Waals surface area contributed by atoms with Gasteiger partial charge in [0.2, 0.25) is 60.4 Å². The van der Waals surface area contributed by atoms with Gasteiger partial charge in [0, 0.05) is 179 Å². The summed E-state index contributed by atoms with van der Waals surface area (Å²) >= 11 is 0. The number of aryl methyl sites for hydroxylation is 7. The molecule has 5 atom stereocenters. The number of hydrogen-bond donors (Lipinski definition) is 17. The second-order valence-corrected chi connectivity index (χ2v) is 45.7. The Labute approximate surface area is 869 Å². The lowest BCUT2D eigenvalue weighted by atomic mass is 10.1. The monoisotopic (exact) mass is 2180 g/mol. The minimum absolute atomic E-state index is 0.0307. The van der Waals surface area contributed by atoms with Gasteiger partial charge >= 0.3 is 11.9 Å². The van der Waals surface area contributed by atoms with Crippen LogP contribution in [-0.2, 0) is 129 Å². The molecule has 7 amide bonds. The van der Waals surface area contributed by atoms with Gasteiger partial charge in [0.1, 0.15) is 52.8 Å². The van der Waals surface area contributed by atoms with E-state index in [1.54, 1.807) is 79.7 Å². The number of rotatable bonds is 54. The number of aliphatic carboxylic acids is 2. The second-order valence-electron chi connectivity index (χ2n) is 39.4. The minimum Gasteiger partial charge on any atom is -0.480 e. The number of nitrogens with one attached hydrogen (secondary N) is 13. The first-order valence-corrected chi connectivity index (χ1v) is 54.6. The van der Waals surface area contributed by atoms with Crippen LogP contribution in [0, 0.1) is 41.5 Å². The largest absolute Gasteiger partial charge is 0.480 e. The van der Waals surface area contributed by atoms with Crippen LogP contribution in [0.5, 0.6) is 0 Å². The van der Waals surface area contributed by atoms with Crippen LogP contribution < -0.4 is 68.2 Å². The first-order chi connectivity index (χ1) is 70.3. The Kier molecular flexibility index (Phi) is 44.2. The van der Waals surface area contributed by atoms with Crippen molar-refractivity contribution in [3.8, 4) is 0 Å². The maximum Gasteiger partial charge on any atom is 0.323 e. The number of anilines is 2. The highest BCUT2D eigenvalue weighted by Crippen LogP contribution is 2.26. The van der Waals surface area contributed by atoms with Gasteiger partial charge < -0.3 is 77.2 Å². The highest BCUT2D eigenvalue weighted by atomic mass is 32.2. The average Bonchev–Trinajstić information content (AvgIpc) is 0.798. The van der Waals surface area contributed by atoms with Crippen molar-refractivity contribution in [2.45, 2.75) is 206 Å². The molecule has 17 N–H and O–H groups in total. The van der Waals surface area contributed by atoms with Gasteiger partial charge in [-0.1, -0.05) is 47.5 Å². The molecule has 1 saturated heterocycles. The van der Waals surface area contributed by atoms with E-state index in [2.05, 4.69) is 91.9 Å². The lowest BCUT2D eigenvalue weighted by Crippen LogP contribution is -2.57. The first-order valence-electron chi connectivity index (χ1n) is 48.4. The summed E-state index contributed by atoms with van der Waals surface area (Å²) in [5, 5.41) is 43.4. The summed E-state index contributed by atoms with van der Waals surface area (Å²) in [4.78, 5) is 212. The van der Waals surface area contributed by atoms with Crippen molar-refractivity contribution < 1.29 is 125 Å². The van der Waals surface area contributed by atoms with Crippen LogP contribution in [0.2, 0.25) is 0 Å². The van der Waals surface area contributed by atoms with Crippen LogP contribution in [0.3, 0.4) is 0 Å². The summed E-state index contributed by atoms with van der Waals surface area (Å²) in [5.41, 5.74) is -0.620. The third kappa shape index (κ3) is 39.5. The predicted molar refractivity (Wildman–Crippen MR) is 552 cm³/mol. The van der Waals surface area contributed by atoms with Crippen LogP contribution in [0.25, 0.3) is 21.8 Å². The molecule has 8 aromatic rings. The number of carboxylic acid groups (broad SMARTS) is 2. The number of carboxylic acids is 2. The zero-order chi connectivity index (χ0) is 111. The van der Waals surface area contributed by atoms with Crippen molar-refractivity contribution in [3.63, 3.8) is 0 Å². The lowest BCUT2D eigenvalue weighted by Gasteiger charge is -2.34. The summed E-state index contributed by atoms with van der Waals surface area (Å²) < 4.78 is 135. The highest BCUT2D eigenvalue weighted by Gasteiger charge is 2.37. The van der Waals surface area contributed by atoms with E-state index in [1.165, 1.54) is 61.4 Å². The number of benzene rings is 4. The summed E-state index contributed by atoms with van der Waals surface area (Å²) in [6, 6.07) is 5.10. The molecule has 5 heterocycles. The number of imidazole rings is 2. The molecule has 150 heavy (non-hydrogen) atoms. The third-order valence-corrected chi connectivity index (χ3v) is 28.2. The van der Waals surface area contributed by atoms with E-state index in [-0.39, 0.29) is 110 Å². The zero-order valence-electron chi connectivity index (χ0n) is 86.6. The second kappa shape index (κ2) is 54.7. The Morgan fingerprint density at radius 3 is 1.17 bits per heavy atom. The van der Waals surface area contributed by atoms with Crippen LogP contribution in [-0.4, -0.2) is 338 Å². The topological polar surface area (TPSA) is 673 Å². The molecule has 826 valence electrons. The first kappa shape index (κ1) is 121. The standard InChI is InChI=1S/C96H139N21O29S4/c1-60-45-62(3)83(63(4)46-60)149(137,138)110-73(90(127)128)53-103-85(122)70-55-116(77-49-66(17-19-68(77)81(70)120)51-105-92-99-24-25-100-92)29-16-23-97-87(124)75(58-147(131,132)133)108-79(118)22-21-72(107-80(119)57-115-37-35-113(40-43-142-145-95(10,11)12)33-31-112(39-42-141-144-94(7,8)9)32-34-114(36-38-115)41-44-143-146-96(13,14)15)89(126)109-76(59-148(134,135)136)88(125)98-28-30-117-56-71(82(121)69-20-18-67(50-78(69)117)52-106-93-101-26-27-102-93)86(123)104-54-74(91(129)130)111-150(139,140)84-64(5)47-61(2)48-65(84)6/h17-20,24-27,45-50,55-56,72-76,110-111H,16,21-23,28-44,51-54,57-59H2,1-15H3,(H,97,124)(H,98,125)(H,103,122)(H,104,123)(H,107,119)(H,108,118)(H,109,126)(H,127,128)(H,129,130)(H2,99,100,105)(H2,101,102,106)(H,131,132,133)(H,134,135,136)/t72-,73?,74?,75-,76-/m0/s1. The summed E-state index contributed by atoms with van der Waals surface area (Å²) in [7, 11) is -19.6. The van der Waals surface area contributed by atoms with Crippen LogP contribution in [0.1, 0.15) is 147 Å². The van der Waals surface area contributed by atoms with Crippen molar-refractivity contribution in [2.75, 3.05) is 147 Å². The summed E-state index contributed by atoms with van der Waals surface area (Å²) in [6.07, 6.45) is 6.50. The molecule has 0 saturated carbocycles. The Morgan fingerprint density at radius 1 is 0.440 bits per heavy atom. The third-order valence-electron chi connectivity index (χ3n) is 23.1. The average molecular weight is 2180 g/mol. The molecule has 9 rings (SSSR count). The molecule has 0 aliphatic carbocycles. The van der Waals surface area contributed by atoms with Crippen molar-refractivity contribution in [3.05, 3.63) is 174 Å². The molecule has 1 aliphatic rings. The fraction of sp³-hybridized carbons (Fsp3) is 0.531. The molecule has 4 aromatic heterocycles. The number of hydrogen-bond acceptors (Lipinski definition) is 33. The van der Waals surface area contributed by atoms with E-state index in [0.717, 1.165) is 23.5 Å². The van der Waals surface area contributed by atoms with Crippen LogP contribution in [0.15, 0.2) is 117 Å². The Morgan fingerprint density at radius 2 is 0.807 bits per heavy atom. The van der Waals surface area contributed by atoms with Crippen molar-refractivity contribution in [2.24, 2.45) is 0 Å². The molecular formula is C96H139N21O29S4. The fourth-order valence-corrected chi connectivity index (χ4v) is 21.0. The number of amides is 7. The number of pyridine rings is 2. The minimum atomic E-state index is -5.31. The van der Waals surface area contributed by atoms with Gasteiger partial charge in [-0.25, -0.2) is 56.1 Å². The zero-order valence-corrected chi connectivity index (χ0v) is 89.9. The highest BCUT2D eigenvalue weighted by molar-refractivity contribution is 7.90. The SMILES string of the molecule is Cc1cc(C)c(S(=O)(=O)NC(CNC(=O)c2cn(CCCNC(=O)[C@H](CS(=O)(=O)O)NC(=O)CC[C@H](NC(=O)CN3CCN(CCOOC(C)(C)C)CCN(CCOOC(C)(C)C)CCN(CCOOC(C)(C)C)CC3)C(=O)N[C@@H](CS(=O)(=O)O)C(=O)NCCn3cc(C(=O)NCC(NS(=O)(=O)c4c(C)cc(C)cc4C)C(=O)O)c(=O)c4ccc(CNc5ncc[nH]5)cc43)c3cc(CNc4ncc[nH]4)ccc3c2=O)C(=O)O)c(C)c1. The maximum absolute atomic E-state index is 15.3. The number of carbonyl (C=O) groups excluding carboxylic acids is 7. The molecule has 54 heteroatoms. The number of aromatic nitrogens is 6. The van der Waals surface area contributed by atoms with Gasteiger partial charge in [-0.05, 0) is 174 Å². The normalized spacial score (nSPS) is 14.9.